The summed E-state index contributed by atoms with van der Waals surface area (Å²) in [6.07, 6.45) is 0.0895. The van der Waals surface area contributed by atoms with E-state index in [0.29, 0.717) is 11.3 Å². The van der Waals surface area contributed by atoms with Gasteiger partial charge in [0.1, 0.15) is 11.5 Å². The van der Waals surface area contributed by atoms with Crippen molar-refractivity contribution in [2.75, 3.05) is 0 Å². The smallest absolute Gasteiger partial charge is 0.149 e. The molecule has 0 saturated heterocycles. The number of aromatic nitrogens is 1. The average Bonchev–Trinajstić information content (AvgIpc) is 2.39. The molecule has 96 valence electrons. The van der Waals surface area contributed by atoms with E-state index in [4.69, 9.17) is 40.1 Å². The van der Waals surface area contributed by atoms with Gasteiger partial charge in [0, 0.05) is 5.56 Å². The van der Waals surface area contributed by atoms with E-state index in [2.05, 4.69) is 4.98 Å². The minimum Gasteiger partial charge on any atom is -0.249 e. The van der Waals surface area contributed by atoms with Crippen LogP contribution in [0.25, 0.3) is 11.3 Å². The summed E-state index contributed by atoms with van der Waals surface area (Å²) in [7, 11) is 0. The summed E-state index contributed by atoms with van der Waals surface area (Å²) in [6.45, 7) is 0. The second-order valence-electron chi connectivity index (χ2n) is 3.69. The standard InChI is InChI=1S/C13H6Cl3FN2/c14-9-3-2-8(11(15)12(9)16)13-10(17)4-1-7(19-13)5-6-18/h1-4H,5H2. The third-order valence-corrected chi connectivity index (χ3v) is 3.75. The number of hydrogen-bond acceptors (Lipinski definition) is 2. The zero-order valence-electron chi connectivity index (χ0n) is 9.42. The zero-order valence-corrected chi connectivity index (χ0v) is 11.7. The van der Waals surface area contributed by atoms with Crippen LogP contribution < -0.4 is 0 Å². The average molecular weight is 316 g/mol. The lowest BCUT2D eigenvalue weighted by Gasteiger charge is -2.08. The van der Waals surface area contributed by atoms with Crippen molar-refractivity contribution in [2.24, 2.45) is 0 Å². The molecule has 1 aromatic carbocycles. The minimum atomic E-state index is -0.540. The molecule has 2 aromatic rings. The third kappa shape index (κ3) is 2.82. The molecule has 0 atom stereocenters. The fourth-order valence-electron chi connectivity index (χ4n) is 1.56. The van der Waals surface area contributed by atoms with Crippen LogP contribution >= 0.6 is 34.8 Å². The molecule has 0 amide bonds. The van der Waals surface area contributed by atoms with Crippen LogP contribution in [0, 0.1) is 17.1 Å². The lowest BCUT2D eigenvalue weighted by Crippen LogP contribution is -1.96. The van der Waals surface area contributed by atoms with Crippen molar-refractivity contribution in [1.82, 2.24) is 4.98 Å². The van der Waals surface area contributed by atoms with Gasteiger partial charge in [-0.1, -0.05) is 34.8 Å². The molecule has 0 aliphatic carbocycles. The van der Waals surface area contributed by atoms with Crippen molar-refractivity contribution < 1.29 is 4.39 Å². The molecule has 0 N–H and O–H groups in total. The highest BCUT2D eigenvalue weighted by Crippen LogP contribution is 2.38. The zero-order chi connectivity index (χ0) is 14.0. The first-order valence-corrected chi connectivity index (χ1v) is 6.34. The van der Waals surface area contributed by atoms with E-state index in [0.717, 1.165) is 0 Å². The predicted molar refractivity (Wildman–Crippen MR) is 74.0 cm³/mol. The highest BCUT2D eigenvalue weighted by molar-refractivity contribution is 6.49. The first-order valence-electron chi connectivity index (χ1n) is 5.21. The monoisotopic (exact) mass is 314 g/mol. The van der Waals surface area contributed by atoms with Crippen molar-refractivity contribution in [3.05, 3.63) is 50.8 Å². The van der Waals surface area contributed by atoms with E-state index in [1.165, 1.54) is 24.3 Å². The first-order chi connectivity index (χ1) is 9.04. The van der Waals surface area contributed by atoms with E-state index >= 15 is 0 Å². The number of nitrogens with zero attached hydrogens (tertiary/aromatic N) is 2. The summed E-state index contributed by atoms with van der Waals surface area (Å²) in [6, 6.07) is 7.70. The molecule has 19 heavy (non-hydrogen) atoms. The van der Waals surface area contributed by atoms with Gasteiger partial charge in [0.05, 0.1) is 33.3 Å². The van der Waals surface area contributed by atoms with Crippen molar-refractivity contribution >= 4 is 34.8 Å². The second kappa shape index (κ2) is 5.75. The third-order valence-electron chi connectivity index (χ3n) is 2.45. The van der Waals surface area contributed by atoms with E-state index in [1.807, 2.05) is 6.07 Å². The second-order valence-corrected chi connectivity index (χ2v) is 4.85. The lowest BCUT2D eigenvalue weighted by molar-refractivity contribution is 0.624. The molecular weight excluding hydrogens is 310 g/mol. The molecule has 0 radical (unpaired) electrons. The van der Waals surface area contributed by atoms with Crippen molar-refractivity contribution in [3.8, 4) is 17.3 Å². The Labute approximate surface area is 124 Å². The van der Waals surface area contributed by atoms with Crippen LogP contribution in [0.1, 0.15) is 5.69 Å². The first kappa shape index (κ1) is 14.1. The van der Waals surface area contributed by atoms with Gasteiger partial charge in [0.15, 0.2) is 0 Å². The van der Waals surface area contributed by atoms with Gasteiger partial charge in [0.2, 0.25) is 0 Å². The van der Waals surface area contributed by atoms with Crippen LogP contribution in [0.2, 0.25) is 15.1 Å². The Balaban J connectivity index is 2.62. The Kier molecular flexibility index (Phi) is 4.26. The number of rotatable bonds is 2. The number of pyridine rings is 1. The summed E-state index contributed by atoms with van der Waals surface area (Å²) < 4.78 is 13.8. The molecule has 2 nitrogen and oxygen atoms in total. The predicted octanol–water partition coefficient (Wildman–Crippen LogP) is 4.91. The van der Waals surface area contributed by atoms with Crippen LogP contribution in [0.3, 0.4) is 0 Å². The summed E-state index contributed by atoms with van der Waals surface area (Å²) in [5, 5.41) is 9.20. The number of hydrogen-bond donors (Lipinski definition) is 0. The molecule has 0 spiro atoms. The summed E-state index contributed by atoms with van der Waals surface area (Å²) >= 11 is 17.8. The van der Waals surface area contributed by atoms with E-state index < -0.39 is 5.82 Å². The van der Waals surface area contributed by atoms with E-state index in [-0.39, 0.29) is 27.2 Å². The Morgan fingerprint density at radius 2 is 1.84 bits per heavy atom. The molecule has 0 saturated carbocycles. The van der Waals surface area contributed by atoms with Crippen LogP contribution in [0.5, 0.6) is 0 Å². The molecule has 0 bridgehead atoms. The molecule has 0 unspecified atom stereocenters. The SMILES string of the molecule is N#CCc1ccc(F)c(-c2ccc(Cl)c(Cl)c2Cl)n1. The minimum absolute atomic E-state index is 0.0521. The Bertz CT molecular complexity index is 680. The summed E-state index contributed by atoms with van der Waals surface area (Å²) in [4.78, 5) is 4.08. The van der Waals surface area contributed by atoms with Crippen molar-refractivity contribution in [2.45, 2.75) is 6.42 Å². The van der Waals surface area contributed by atoms with Crippen molar-refractivity contribution in [3.63, 3.8) is 0 Å². The maximum atomic E-state index is 13.8. The molecular formula is C13H6Cl3FN2. The van der Waals surface area contributed by atoms with Gasteiger partial charge >= 0.3 is 0 Å². The maximum absolute atomic E-state index is 13.8. The fourth-order valence-corrected chi connectivity index (χ4v) is 2.18. The molecule has 0 fully saturated rings. The summed E-state index contributed by atoms with van der Waals surface area (Å²) in [5.74, 6) is -0.540. The number of halogens is 4. The lowest BCUT2D eigenvalue weighted by atomic mass is 10.1. The van der Waals surface area contributed by atoms with Crippen LogP contribution in [0.4, 0.5) is 4.39 Å². The van der Waals surface area contributed by atoms with Crippen LogP contribution in [0.15, 0.2) is 24.3 Å². The molecule has 2 rings (SSSR count). The fraction of sp³-hybridized carbons (Fsp3) is 0.0769. The Morgan fingerprint density at radius 3 is 2.53 bits per heavy atom. The van der Waals surface area contributed by atoms with Crippen LogP contribution in [-0.2, 0) is 6.42 Å². The number of nitriles is 1. The van der Waals surface area contributed by atoms with Crippen LogP contribution in [-0.4, -0.2) is 4.98 Å². The van der Waals surface area contributed by atoms with Gasteiger partial charge in [-0.3, -0.25) is 0 Å². The maximum Gasteiger partial charge on any atom is 0.149 e. The van der Waals surface area contributed by atoms with Gasteiger partial charge < -0.3 is 0 Å². The molecule has 1 aromatic heterocycles. The molecule has 1 heterocycles. The largest absolute Gasteiger partial charge is 0.249 e. The van der Waals surface area contributed by atoms with Gasteiger partial charge in [-0.25, -0.2) is 9.37 Å². The van der Waals surface area contributed by atoms with E-state index in [1.54, 1.807) is 0 Å². The Hall–Kier alpha value is -1.34. The topological polar surface area (TPSA) is 36.7 Å². The molecule has 0 aliphatic heterocycles. The van der Waals surface area contributed by atoms with Gasteiger partial charge in [-0.2, -0.15) is 5.26 Å². The van der Waals surface area contributed by atoms with Gasteiger partial charge in [0.25, 0.3) is 0 Å². The van der Waals surface area contributed by atoms with Crippen molar-refractivity contribution in [1.29, 1.82) is 5.26 Å². The highest BCUT2D eigenvalue weighted by Gasteiger charge is 2.15. The summed E-state index contributed by atoms with van der Waals surface area (Å²) in [5.41, 5.74) is 0.853. The van der Waals surface area contributed by atoms with Gasteiger partial charge in [-0.05, 0) is 24.3 Å². The quantitative estimate of drug-likeness (QED) is 0.738. The molecule has 0 aliphatic rings. The van der Waals surface area contributed by atoms with Gasteiger partial charge in [-0.15, -0.1) is 0 Å². The van der Waals surface area contributed by atoms with E-state index in [9.17, 15) is 4.39 Å². The molecule has 6 heteroatoms. The highest BCUT2D eigenvalue weighted by atomic mass is 35.5. The Morgan fingerprint density at radius 1 is 1.11 bits per heavy atom. The normalized spacial score (nSPS) is 10.3. The number of benzene rings is 1.